The first-order valence-corrected chi connectivity index (χ1v) is 6.02. The van der Waals surface area contributed by atoms with Crippen molar-refractivity contribution in [2.45, 2.75) is 20.8 Å². The van der Waals surface area contributed by atoms with Crippen LogP contribution in [-0.2, 0) is 0 Å². The zero-order chi connectivity index (χ0) is 13.8. The van der Waals surface area contributed by atoms with Gasteiger partial charge in [0.15, 0.2) is 0 Å². The molecule has 96 valence electrons. The van der Waals surface area contributed by atoms with Gasteiger partial charge in [0.05, 0.1) is 0 Å². The second-order valence-corrected chi connectivity index (χ2v) is 5.10. The third-order valence-corrected chi connectivity index (χ3v) is 3.16. The largest absolute Gasteiger partial charge is 0.318 e. The average Bonchev–Trinajstić information content (AvgIpc) is 2.36. The van der Waals surface area contributed by atoms with Crippen LogP contribution < -0.4 is 0 Å². The highest BCUT2D eigenvalue weighted by molar-refractivity contribution is 5.94. The molecule has 2 heteroatoms. The number of carbonyl (C=O) groups is 1. The lowest BCUT2D eigenvalue weighted by Crippen LogP contribution is -2.22. The molecule has 1 aromatic rings. The summed E-state index contributed by atoms with van der Waals surface area (Å²) in [6.45, 7) is 10.1. The molecule has 0 saturated heterocycles. The first kappa shape index (κ1) is 14.2. The van der Waals surface area contributed by atoms with Gasteiger partial charge in [0, 0.05) is 24.2 Å². The number of hydrogen-bond donors (Lipinski definition) is 0. The summed E-state index contributed by atoms with van der Waals surface area (Å²) in [6, 6.07) is 9.26. The van der Waals surface area contributed by atoms with E-state index >= 15 is 0 Å². The minimum Gasteiger partial charge on any atom is -0.318 e. The summed E-state index contributed by atoms with van der Waals surface area (Å²) >= 11 is 0. The smallest absolute Gasteiger partial charge is 0.257 e. The molecule has 0 saturated carbocycles. The van der Waals surface area contributed by atoms with Crippen LogP contribution in [0.3, 0.4) is 0 Å². The fraction of sp³-hybridized carbons (Fsp3) is 0.312. The van der Waals surface area contributed by atoms with Gasteiger partial charge in [-0.3, -0.25) is 4.79 Å². The average molecular weight is 243 g/mol. The third-order valence-electron chi connectivity index (χ3n) is 3.16. The van der Waals surface area contributed by atoms with Gasteiger partial charge in [-0.15, -0.1) is 0 Å². The maximum atomic E-state index is 12.1. The Bertz CT molecular complexity index is 457. The first-order valence-electron chi connectivity index (χ1n) is 6.02. The monoisotopic (exact) mass is 243 g/mol. The van der Waals surface area contributed by atoms with Gasteiger partial charge in [0.1, 0.15) is 0 Å². The molecular weight excluding hydrogens is 222 g/mol. The van der Waals surface area contributed by atoms with E-state index in [9.17, 15) is 4.79 Å². The Labute approximate surface area is 110 Å². The van der Waals surface area contributed by atoms with Crippen molar-refractivity contribution in [3.63, 3.8) is 0 Å². The SMILES string of the molecule is C=C(C)C(C)(C)/C=C/N(C)C(=O)c1ccccc1. The van der Waals surface area contributed by atoms with Gasteiger partial charge >= 0.3 is 0 Å². The van der Waals surface area contributed by atoms with Crippen LogP contribution in [0.2, 0.25) is 0 Å². The van der Waals surface area contributed by atoms with E-state index in [-0.39, 0.29) is 11.3 Å². The highest BCUT2D eigenvalue weighted by Crippen LogP contribution is 2.25. The van der Waals surface area contributed by atoms with Crippen LogP contribution in [0.1, 0.15) is 31.1 Å². The summed E-state index contributed by atoms with van der Waals surface area (Å²) in [7, 11) is 1.76. The molecule has 0 spiro atoms. The van der Waals surface area contributed by atoms with Crippen molar-refractivity contribution in [1.29, 1.82) is 0 Å². The van der Waals surface area contributed by atoms with E-state index in [2.05, 4.69) is 20.4 Å². The predicted molar refractivity (Wildman–Crippen MR) is 76.3 cm³/mol. The summed E-state index contributed by atoms with van der Waals surface area (Å²) in [4.78, 5) is 13.7. The summed E-state index contributed by atoms with van der Waals surface area (Å²) in [5.41, 5.74) is 1.66. The number of hydrogen-bond acceptors (Lipinski definition) is 1. The predicted octanol–water partition coefficient (Wildman–Crippen LogP) is 3.87. The van der Waals surface area contributed by atoms with Gasteiger partial charge in [0.2, 0.25) is 0 Å². The van der Waals surface area contributed by atoms with E-state index in [0.29, 0.717) is 5.56 Å². The molecule has 1 aromatic carbocycles. The molecule has 0 aliphatic carbocycles. The second-order valence-electron chi connectivity index (χ2n) is 5.10. The fourth-order valence-electron chi connectivity index (χ4n) is 1.29. The quantitative estimate of drug-likeness (QED) is 0.735. The van der Waals surface area contributed by atoms with Crippen molar-refractivity contribution < 1.29 is 4.79 Å². The van der Waals surface area contributed by atoms with E-state index in [4.69, 9.17) is 0 Å². The third kappa shape index (κ3) is 3.59. The van der Waals surface area contributed by atoms with Gasteiger partial charge in [-0.1, -0.05) is 50.3 Å². The lowest BCUT2D eigenvalue weighted by Gasteiger charge is -2.22. The standard InChI is InChI=1S/C16H21NO/c1-13(2)16(3,4)11-12-17(5)15(18)14-9-7-6-8-10-14/h6-12H,1H2,2-5H3/b12-11+. The van der Waals surface area contributed by atoms with E-state index < -0.39 is 0 Å². The molecule has 2 nitrogen and oxygen atoms in total. The number of amides is 1. The minimum atomic E-state index is -0.106. The summed E-state index contributed by atoms with van der Waals surface area (Å²) in [6.07, 6.45) is 3.81. The van der Waals surface area contributed by atoms with Crippen molar-refractivity contribution in [3.8, 4) is 0 Å². The first-order chi connectivity index (χ1) is 8.34. The maximum absolute atomic E-state index is 12.1. The molecule has 0 bridgehead atoms. The molecule has 0 unspecified atom stereocenters. The Morgan fingerprint density at radius 2 is 1.83 bits per heavy atom. The van der Waals surface area contributed by atoms with Gasteiger partial charge in [-0.25, -0.2) is 0 Å². The molecule has 0 aromatic heterocycles. The van der Waals surface area contributed by atoms with Gasteiger partial charge in [0.25, 0.3) is 5.91 Å². The van der Waals surface area contributed by atoms with Crippen LogP contribution in [0.4, 0.5) is 0 Å². The van der Waals surface area contributed by atoms with Crippen LogP contribution in [0.5, 0.6) is 0 Å². The number of carbonyl (C=O) groups excluding carboxylic acids is 1. The Balaban J connectivity index is 2.78. The van der Waals surface area contributed by atoms with Gasteiger partial charge < -0.3 is 4.90 Å². The topological polar surface area (TPSA) is 20.3 Å². The van der Waals surface area contributed by atoms with Crippen molar-refractivity contribution in [1.82, 2.24) is 4.90 Å². The Morgan fingerprint density at radius 1 is 1.28 bits per heavy atom. The number of nitrogens with zero attached hydrogens (tertiary/aromatic N) is 1. The molecule has 0 aliphatic heterocycles. The highest BCUT2D eigenvalue weighted by atomic mass is 16.2. The van der Waals surface area contributed by atoms with E-state index in [0.717, 1.165) is 5.57 Å². The van der Waals surface area contributed by atoms with Crippen molar-refractivity contribution in [2.75, 3.05) is 7.05 Å². The number of benzene rings is 1. The molecule has 0 aliphatic rings. The zero-order valence-corrected chi connectivity index (χ0v) is 11.6. The Hall–Kier alpha value is -1.83. The molecule has 18 heavy (non-hydrogen) atoms. The van der Waals surface area contributed by atoms with Crippen LogP contribution >= 0.6 is 0 Å². The molecule has 0 atom stereocenters. The summed E-state index contributed by atoms with van der Waals surface area (Å²) in [5, 5.41) is 0. The number of allylic oxidation sites excluding steroid dienone is 2. The molecule has 0 N–H and O–H groups in total. The molecule has 0 radical (unpaired) electrons. The van der Waals surface area contributed by atoms with E-state index in [1.807, 2.05) is 49.5 Å². The molecule has 0 fully saturated rings. The van der Waals surface area contributed by atoms with Crippen molar-refractivity contribution >= 4 is 5.91 Å². The Kier molecular flexibility index (Phi) is 4.49. The van der Waals surface area contributed by atoms with Crippen molar-refractivity contribution in [2.24, 2.45) is 5.41 Å². The summed E-state index contributed by atoms with van der Waals surface area (Å²) < 4.78 is 0. The zero-order valence-electron chi connectivity index (χ0n) is 11.6. The molecule has 1 amide bonds. The van der Waals surface area contributed by atoms with Crippen LogP contribution in [0.25, 0.3) is 0 Å². The van der Waals surface area contributed by atoms with Crippen molar-refractivity contribution in [3.05, 3.63) is 60.3 Å². The lowest BCUT2D eigenvalue weighted by atomic mass is 9.86. The molecule has 0 heterocycles. The van der Waals surface area contributed by atoms with Crippen LogP contribution in [-0.4, -0.2) is 17.9 Å². The van der Waals surface area contributed by atoms with Crippen LogP contribution in [0, 0.1) is 5.41 Å². The van der Waals surface area contributed by atoms with Gasteiger partial charge in [-0.05, 0) is 19.1 Å². The normalized spacial score (nSPS) is 11.6. The van der Waals surface area contributed by atoms with Crippen LogP contribution in [0.15, 0.2) is 54.8 Å². The minimum absolute atomic E-state index is 0.00985. The highest BCUT2D eigenvalue weighted by Gasteiger charge is 2.15. The van der Waals surface area contributed by atoms with Gasteiger partial charge in [-0.2, -0.15) is 0 Å². The maximum Gasteiger partial charge on any atom is 0.257 e. The van der Waals surface area contributed by atoms with E-state index in [1.165, 1.54) is 0 Å². The number of rotatable bonds is 4. The molecular formula is C16H21NO. The second kappa shape index (κ2) is 5.67. The summed E-state index contributed by atoms with van der Waals surface area (Å²) in [5.74, 6) is -0.00985. The fourth-order valence-corrected chi connectivity index (χ4v) is 1.29. The molecule has 1 rings (SSSR count). The lowest BCUT2D eigenvalue weighted by molar-refractivity contribution is 0.0849. The van der Waals surface area contributed by atoms with E-state index in [1.54, 1.807) is 11.9 Å². The Morgan fingerprint density at radius 3 is 2.33 bits per heavy atom.